The summed E-state index contributed by atoms with van der Waals surface area (Å²) in [6.45, 7) is 0. The molecule has 0 saturated carbocycles. The third-order valence-corrected chi connectivity index (χ3v) is 4.71. The first-order valence-electron chi connectivity index (χ1n) is 7.46. The summed E-state index contributed by atoms with van der Waals surface area (Å²) < 4.78 is 13.8. The van der Waals surface area contributed by atoms with Crippen LogP contribution in [0.1, 0.15) is 29.6 Å². The molecule has 3 atom stereocenters. The number of halogens is 1. The van der Waals surface area contributed by atoms with E-state index >= 15 is 0 Å². The Hall–Kier alpha value is -1.94. The van der Waals surface area contributed by atoms with E-state index in [0.717, 1.165) is 18.2 Å². The lowest BCUT2D eigenvalue weighted by Gasteiger charge is -2.21. The van der Waals surface area contributed by atoms with Crippen molar-refractivity contribution in [1.82, 2.24) is 10.6 Å². The van der Waals surface area contributed by atoms with Crippen LogP contribution in [0.15, 0.2) is 36.4 Å². The summed E-state index contributed by atoms with van der Waals surface area (Å²) in [7, 11) is 0. The van der Waals surface area contributed by atoms with E-state index in [0.29, 0.717) is 23.0 Å². The van der Waals surface area contributed by atoms with Gasteiger partial charge in [0, 0.05) is 29.1 Å². The number of nitrogens with one attached hydrogen (secondary N) is 2. The molecule has 4 heteroatoms. The highest BCUT2D eigenvalue weighted by molar-refractivity contribution is 5.98. The molecule has 2 aliphatic rings. The summed E-state index contributed by atoms with van der Waals surface area (Å²) in [6.07, 6.45) is 3.33. The smallest absolute Gasteiger partial charge is 0.251 e. The van der Waals surface area contributed by atoms with Gasteiger partial charge in [0.25, 0.3) is 5.91 Å². The number of hydrogen-bond donors (Lipinski definition) is 2. The molecule has 2 aromatic rings. The van der Waals surface area contributed by atoms with Gasteiger partial charge < -0.3 is 10.6 Å². The van der Waals surface area contributed by atoms with Crippen LogP contribution in [0.2, 0.25) is 0 Å². The Morgan fingerprint density at radius 2 is 2.14 bits per heavy atom. The maximum atomic E-state index is 13.8. The third kappa shape index (κ3) is 2.20. The summed E-state index contributed by atoms with van der Waals surface area (Å²) in [5.74, 6) is -0.400. The van der Waals surface area contributed by atoms with Gasteiger partial charge in [-0.05, 0) is 42.8 Å². The second kappa shape index (κ2) is 4.81. The Kier molecular flexibility index (Phi) is 2.93. The molecule has 0 aromatic heterocycles. The molecule has 0 aliphatic carbocycles. The van der Waals surface area contributed by atoms with Gasteiger partial charge in [-0.25, -0.2) is 4.39 Å². The molecule has 21 heavy (non-hydrogen) atoms. The first kappa shape index (κ1) is 12.8. The average Bonchev–Trinajstić information content (AvgIpc) is 3.10. The van der Waals surface area contributed by atoms with E-state index in [-0.39, 0.29) is 17.8 Å². The zero-order valence-corrected chi connectivity index (χ0v) is 11.6. The SMILES string of the molecule is O=C(N[C@@H]1C[C@H]2CC[C@@H]1N2)c1ccc2cccc(F)c2c1. The van der Waals surface area contributed by atoms with Crippen molar-refractivity contribution in [3.8, 4) is 0 Å². The first-order chi connectivity index (χ1) is 10.2. The molecule has 0 radical (unpaired) electrons. The van der Waals surface area contributed by atoms with Crippen molar-refractivity contribution in [1.29, 1.82) is 0 Å². The number of carbonyl (C=O) groups excluding carboxylic acids is 1. The fourth-order valence-electron chi connectivity index (χ4n) is 3.61. The zero-order valence-electron chi connectivity index (χ0n) is 11.6. The van der Waals surface area contributed by atoms with Crippen molar-refractivity contribution < 1.29 is 9.18 Å². The van der Waals surface area contributed by atoms with Crippen molar-refractivity contribution >= 4 is 16.7 Å². The molecule has 0 unspecified atom stereocenters. The number of benzene rings is 2. The molecule has 3 nitrogen and oxygen atoms in total. The largest absolute Gasteiger partial charge is 0.348 e. The molecular formula is C17H17FN2O. The Morgan fingerprint density at radius 3 is 2.90 bits per heavy atom. The van der Waals surface area contributed by atoms with Crippen LogP contribution >= 0.6 is 0 Å². The Bertz CT molecular complexity index is 715. The van der Waals surface area contributed by atoms with E-state index in [9.17, 15) is 9.18 Å². The summed E-state index contributed by atoms with van der Waals surface area (Å²) in [6, 6.07) is 11.3. The maximum Gasteiger partial charge on any atom is 0.251 e. The fourth-order valence-corrected chi connectivity index (χ4v) is 3.61. The molecule has 2 aromatic carbocycles. The monoisotopic (exact) mass is 284 g/mol. The minimum absolute atomic E-state index is 0.112. The highest BCUT2D eigenvalue weighted by Gasteiger charge is 2.39. The molecular weight excluding hydrogens is 267 g/mol. The van der Waals surface area contributed by atoms with E-state index in [1.807, 2.05) is 6.07 Å². The minimum atomic E-state index is -0.288. The number of hydrogen-bond acceptors (Lipinski definition) is 2. The van der Waals surface area contributed by atoms with Gasteiger partial charge in [-0.15, -0.1) is 0 Å². The van der Waals surface area contributed by atoms with E-state index < -0.39 is 0 Å². The van der Waals surface area contributed by atoms with Crippen molar-refractivity contribution in [3.05, 3.63) is 47.8 Å². The van der Waals surface area contributed by atoms with Crippen molar-refractivity contribution in [2.75, 3.05) is 0 Å². The van der Waals surface area contributed by atoms with Crippen LogP contribution in [0.4, 0.5) is 4.39 Å². The van der Waals surface area contributed by atoms with Crippen LogP contribution in [-0.2, 0) is 0 Å². The summed E-state index contributed by atoms with van der Waals surface area (Å²) in [5.41, 5.74) is 0.523. The van der Waals surface area contributed by atoms with Gasteiger partial charge in [0.2, 0.25) is 0 Å². The molecule has 2 bridgehead atoms. The van der Waals surface area contributed by atoms with Gasteiger partial charge >= 0.3 is 0 Å². The molecule has 4 rings (SSSR count). The highest BCUT2D eigenvalue weighted by Crippen LogP contribution is 2.28. The van der Waals surface area contributed by atoms with Crippen LogP contribution in [0.25, 0.3) is 10.8 Å². The molecule has 1 amide bonds. The fraction of sp³-hybridized carbons (Fsp3) is 0.353. The van der Waals surface area contributed by atoms with E-state index in [2.05, 4.69) is 10.6 Å². The molecule has 2 N–H and O–H groups in total. The number of rotatable bonds is 2. The van der Waals surface area contributed by atoms with Crippen LogP contribution in [0.5, 0.6) is 0 Å². The van der Waals surface area contributed by atoms with Crippen molar-refractivity contribution in [2.24, 2.45) is 0 Å². The molecule has 2 heterocycles. The molecule has 2 saturated heterocycles. The van der Waals surface area contributed by atoms with Crippen LogP contribution in [0.3, 0.4) is 0 Å². The number of carbonyl (C=O) groups is 1. The lowest BCUT2D eigenvalue weighted by molar-refractivity contribution is 0.0931. The van der Waals surface area contributed by atoms with Crippen LogP contribution < -0.4 is 10.6 Å². The Balaban J connectivity index is 1.58. The maximum absolute atomic E-state index is 13.8. The standard InChI is InChI=1S/C17H17FN2O/c18-14-3-1-2-10-4-5-11(8-13(10)14)17(21)20-16-9-12-6-7-15(16)19-12/h1-5,8,12,15-16,19H,6-7,9H2,(H,20,21)/t12-,15+,16-/m1/s1. The zero-order chi connectivity index (χ0) is 14.4. The molecule has 2 aliphatic heterocycles. The van der Waals surface area contributed by atoms with Gasteiger partial charge in [0.05, 0.1) is 0 Å². The minimum Gasteiger partial charge on any atom is -0.348 e. The van der Waals surface area contributed by atoms with Crippen molar-refractivity contribution in [3.63, 3.8) is 0 Å². The lowest BCUT2D eigenvalue weighted by Crippen LogP contribution is -2.42. The predicted molar refractivity (Wildman–Crippen MR) is 79.7 cm³/mol. The molecule has 2 fully saturated rings. The summed E-state index contributed by atoms with van der Waals surface area (Å²) >= 11 is 0. The van der Waals surface area contributed by atoms with Crippen LogP contribution in [-0.4, -0.2) is 24.0 Å². The first-order valence-corrected chi connectivity index (χ1v) is 7.46. The van der Waals surface area contributed by atoms with Gasteiger partial charge in [0.15, 0.2) is 0 Å². The topological polar surface area (TPSA) is 41.1 Å². The van der Waals surface area contributed by atoms with Crippen LogP contribution in [0, 0.1) is 5.82 Å². The molecule has 108 valence electrons. The van der Waals surface area contributed by atoms with E-state index in [1.54, 1.807) is 24.3 Å². The van der Waals surface area contributed by atoms with Gasteiger partial charge in [-0.2, -0.15) is 0 Å². The second-order valence-electron chi connectivity index (χ2n) is 6.04. The number of amides is 1. The predicted octanol–water partition coefficient (Wildman–Crippen LogP) is 2.60. The number of fused-ring (bicyclic) bond motifs is 3. The van der Waals surface area contributed by atoms with E-state index in [1.165, 1.54) is 12.5 Å². The third-order valence-electron chi connectivity index (χ3n) is 4.71. The lowest BCUT2D eigenvalue weighted by atomic mass is 9.95. The van der Waals surface area contributed by atoms with Gasteiger partial charge in [-0.3, -0.25) is 4.79 Å². The average molecular weight is 284 g/mol. The quantitative estimate of drug-likeness (QED) is 0.890. The normalized spacial score (nSPS) is 27.2. The van der Waals surface area contributed by atoms with Crippen molar-refractivity contribution in [2.45, 2.75) is 37.4 Å². The summed E-state index contributed by atoms with van der Waals surface area (Å²) in [5, 5.41) is 7.90. The van der Waals surface area contributed by atoms with Gasteiger partial charge in [0.1, 0.15) is 5.82 Å². The van der Waals surface area contributed by atoms with E-state index in [4.69, 9.17) is 0 Å². The van der Waals surface area contributed by atoms with Gasteiger partial charge in [-0.1, -0.05) is 18.2 Å². The Morgan fingerprint density at radius 1 is 1.24 bits per heavy atom. The Labute approximate surface area is 122 Å². The summed E-state index contributed by atoms with van der Waals surface area (Å²) in [4.78, 5) is 12.4. The second-order valence-corrected chi connectivity index (χ2v) is 6.04. The molecule has 0 spiro atoms. The highest BCUT2D eigenvalue weighted by atomic mass is 19.1.